The van der Waals surface area contributed by atoms with Gasteiger partial charge in [0.15, 0.2) is 0 Å². The van der Waals surface area contributed by atoms with Crippen LogP contribution in [0.4, 0.5) is 5.69 Å². The van der Waals surface area contributed by atoms with E-state index in [1.807, 2.05) is 0 Å². The van der Waals surface area contributed by atoms with Crippen LogP contribution in [-0.2, 0) is 14.8 Å². The van der Waals surface area contributed by atoms with Gasteiger partial charge < -0.3 is 10.2 Å². The Kier molecular flexibility index (Phi) is 5.78. The number of carbonyl (C=O) groups is 1. The maximum absolute atomic E-state index is 13.2. The van der Waals surface area contributed by atoms with Gasteiger partial charge in [-0.05, 0) is 25.0 Å². The topological polar surface area (TPSA) is 122 Å². The molecule has 148 valence electrons. The van der Waals surface area contributed by atoms with E-state index in [2.05, 4.69) is 10.0 Å². The van der Waals surface area contributed by atoms with Crippen LogP contribution in [0.5, 0.6) is 0 Å². The maximum Gasteiger partial charge on any atom is 0.269 e. The minimum absolute atomic E-state index is 0.0776. The first-order chi connectivity index (χ1) is 12.8. The van der Waals surface area contributed by atoms with E-state index in [1.165, 1.54) is 12.1 Å². The van der Waals surface area contributed by atoms with E-state index >= 15 is 0 Å². The van der Waals surface area contributed by atoms with Crippen molar-refractivity contribution in [3.8, 4) is 0 Å². The van der Waals surface area contributed by atoms with Crippen molar-refractivity contribution in [1.29, 1.82) is 0 Å². The molecule has 0 radical (unpaired) electrons. The van der Waals surface area contributed by atoms with Crippen LogP contribution >= 0.6 is 0 Å². The highest BCUT2D eigenvalue weighted by Crippen LogP contribution is 2.32. The Morgan fingerprint density at radius 3 is 2.26 bits per heavy atom. The van der Waals surface area contributed by atoms with Crippen molar-refractivity contribution < 1.29 is 18.1 Å². The SMILES string of the molecule is O=C(N1CCNCC1)C1(NS(=O)(=O)c2ccc([N+](=O)[O-])cc2)CCCCC1. The molecule has 9 nitrogen and oxygen atoms in total. The van der Waals surface area contributed by atoms with Gasteiger partial charge in [0.05, 0.1) is 9.82 Å². The number of nitrogens with zero attached hydrogens (tertiary/aromatic N) is 2. The lowest BCUT2D eigenvalue weighted by atomic mass is 9.81. The fraction of sp³-hybridized carbons (Fsp3) is 0.588. The number of nitrogens with one attached hydrogen (secondary N) is 2. The minimum atomic E-state index is -3.98. The highest BCUT2D eigenvalue weighted by atomic mass is 32.2. The van der Waals surface area contributed by atoms with E-state index in [0.29, 0.717) is 39.0 Å². The Labute approximate surface area is 158 Å². The van der Waals surface area contributed by atoms with E-state index < -0.39 is 20.5 Å². The number of benzene rings is 1. The third-order valence-electron chi connectivity index (χ3n) is 5.21. The molecule has 10 heteroatoms. The third kappa shape index (κ3) is 4.28. The Balaban J connectivity index is 1.86. The number of rotatable bonds is 5. The van der Waals surface area contributed by atoms with Crippen LogP contribution in [0, 0.1) is 10.1 Å². The molecule has 1 aromatic rings. The van der Waals surface area contributed by atoms with Crippen LogP contribution in [0.1, 0.15) is 32.1 Å². The molecule has 1 saturated heterocycles. The number of hydrogen-bond donors (Lipinski definition) is 2. The van der Waals surface area contributed by atoms with Gasteiger partial charge in [-0.2, -0.15) is 4.72 Å². The van der Waals surface area contributed by atoms with Crippen LogP contribution in [0.15, 0.2) is 29.2 Å². The third-order valence-corrected chi connectivity index (χ3v) is 6.76. The number of carbonyl (C=O) groups excluding carboxylic acids is 1. The number of amides is 1. The standard InChI is InChI=1S/C17H24N4O5S/c22-16(20-12-10-18-11-13-20)17(8-2-1-3-9-17)19-27(25,26)15-6-4-14(5-7-15)21(23)24/h4-7,18-19H,1-3,8-13H2. The van der Waals surface area contributed by atoms with Crippen molar-refractivity contribution in [2.75, 3.05) is 26.2 Å². The summed E-state index contributed by atoms with van der Waals surface area (Å²) in [5, 5.41) is 14.0. The molecule has 1 heterocycles. The van der Waals surface area contributed by atoms with Gasteiger partial charge in [0.1, 0.15) is 5.54 Å². The normalized spacial score (nSPS) is 20.2. The Bertz CT molecular complexity index is 797. The van der Waals surface area contributed by atoms with E-state index in [-0.39, 0.29) is 16.5 Å². The predicted octanol–water partition coefficient (Wildman–Crippen LogP) is 1.01. The van der Waals surface area contributed by atoms with Crippen LogP contribution in [-0.4, -0.2) is 55.9 Å². The van der Waals surface area contributed by atoms with Crippen molar-refractivity contribution in [2.24, 2.45) is 0 Å². The van der Waals surface area contributed by atoms with Crippen LogP contribution in [0.3, 0.4) is 0 Å². The molecule has 1 saturated carbocycles. The summed E-state index contributed by atoms with van der Waals surface area (Å²) in [5.41, 5.74) is -1.32. The first-order valence-corrected chi connectivity index (χ1v) is 10.6. The highest BCUT2D eigenvalue weighted by Gasteiger charge is 2.45. The predicted molar refractivity (Wildman–Crippen MR) is 98.7 cm³/mol. The Morgan fingerprint density at radius 1 is 1.11 bits per heavy atom. The molecular weight excluding hydrogens is 372 g/mol. The maximum atomic E-state index is 13.2. The summed E-state index contributed by atoms with van der Waals surface area (Å²) >= 11 is 0. The van der Waals surface area contributed by atoms with Crippen LogP contribution in [0.25, 0.3) is 0 Å². The van der Waals surface area contributed by atoms with Crippen LogP contribution < -0.4 is 10.0 Å². The van der Waals surface area contributed by atoms with E-state index in [1.54, 1.807) is 4.90 Å². The molecule has 1 aliphatic carbocycles. The molecule has 1 amide bonds. The lowest BCUT2D eigenvalue weighted by Crippen LogP contribution is -2.62. The average molecular weight is 396 g/mol. The lowest BCUT2D eigenvalue weighted by molar-refractivity contribution is -0.384. The summed E-state index contributed by atoms with van der Waals surface area (Å²) < 4.78 is 28.5. The second-order valence-corrected chi connectivity index (χ2v) is 8.72. The number of hydrogen-bond acceptors (Lipinski definition) is 6. The van der Waals surface area contributed by atoms with Crippen LogP contribution in [0.2, 0.25) is 0 Å². The van der Waals surface area contributed by atoms with Crippen molar-refractivity contribution in [3.63, 3.8) is 0 Å². The molecule has 1 aliphatic heterocycles. The second-order valence-electron chi connectivity index (χ2n) is 7.04. The van der Waals surface area contributed by atoms with Gasteiger partial charge in [0.25, 0.3) is 5.69 Å². The second kappa shape index (κ2) is 7.91. The summed E-state index contributed by atoms with van der Waals surface area (Å²) in [4.78, 5) is 25.1. The molecule has 2 fully saturated rings. The van der Waals surface area contributed by atoms with Gasteiger partial charge in [0, 0.05) is 38.3 Å². The minimum Gasteiger partial charge on any atom is -0.339 e. The van der Waals surface area contributed by atoms with Crippen molar-refractivity contribution in [2.45, 2.75) is 42.5 Å². The summed E-state index contributed by atoms with van der Waals surface area (Å²) in [5.74, 6) is -0.172. The zero-order chi connectivity index (χ0) is 19.5. The monoisotopic (exact) mass is 396 g/mol. The van der Waals surface area contributed by atoms with Gasteiger partial charge in [-0.3, -0.25) is 14.9 Å². The average Bonchev–Trinajstić information content (AvgIpc) is 2.68. The fourth-order valence-corrected chi connectivity index (χ4v) is 5.17. The number of sulfonamides is 1. The summed E-state index contributed by atoms with van der Waals surface area (Å²) in [6.07, 6.45) is 3.45. The van der Waals surface area contributed by atoms with Crippen molar-refractivity contribution in [1.82, 2.24) is 14.9 Å². The molecule has 0 spiro atoms. The first-order valence-electron chi connectivity index (χ1n) is 9.13. The molecule has 0 bridgehead atoms. The summed E-state index contributed by atoms with van der Waals surface area (Å²) in [6, 6.07) is 4.71. The molecular formula is C17H24N4O5S. The lowest BCUT2D eigenvalue weighted by Gasteiger charge is -2.41. The fourth-order valence-electron chi connectivity index (χ4n) is 3.75. The van der Waals surface area contributed by atoms with Crippen molar-refractivity contribution >= 4 is 21.6 Å². The molecule has 2 N–H and O–H groups in total. The molecule has 0 atom stereocenters. The molecule has 1 aromatic carbocycles. The Morgan fingerprint density at radius 2 is 1.70 bits per heavy atom. The summed E-state index contributed by atoms with van der Waals surface area (Å²) in [6.45, 7) is 2.49. The van der Waals surface area contributed by atoms with Gasteiger partial charge in [-0.25, -0.2) is 8.42 Å². The number of piperazine rings is 1. The highest BCUT2D eigenvalue weighted by molar-refractivity contribution is 7.89. The largest absolute Gasteiger partial charge is 0.339 e. The molecule has 0 unspecified atom stereocenters. The molecule has 27 heavy (non-hydrogen) atoms. The first kappa shape index (κ1) is 19.7. The van der Waals surface area contributed by atoms with E-state index in [9.17, 15) is 23.3 Å². The zero-order valence-corrected chi connectivity index (χ0v) is 15.8. The van der Waals surface area contributed by atoms with E-state index in [4.69, 9.17) is 0 Å². The van der Waals surface area contributed by atoms with Gasteiger partial charge in [-0.1, -0.05) is 19.3 Å². The van der Waals surface area contributed by atoms with Gasteiger partial charge >= 0.3 is 0 Å². The number of non-ortho nitro benzene ring substituents is 1. The molecule has 3 rings (SSSR count). The summed E-state index contributed by atoms with van der Waals surface area (Å²) in [7, 11) is -3.98. The molecule has 2 aliphatic rings. The van der Waals surface area contributed by atoms with Gasteiger partial charge in [-0.15, -0.1) is 0 Å². The van der Waals surface area contributed by atoms with Crippen molar-refractivity contribution in [3.05, 3.63) is 34.4 Å². The van der Waals surface area contributed by atoms with E-state index in [0.717, 1.165) is 31.4 Å². The number of nitro benzene ring substituents is 1. The Hall–Kier alpha value is -2.04. The zero-order valence-electron chi connectivity index (χ0n) is 15.0. The molecule has 0 aromatic heterocycles. The number of nitro groups is 1. The smallest absolute Gasteiger partial charge is 0.269 e. The quantitative estimate of drug-likeness (QED) is 0.566. The van der Waals surface area contributed by atoms with Gasteiger partial charge in [0.2, 0.25) is 15.9 Å².